The van der Waals surface area contributed by atoms with Crippen LogP contribution in [-0.2, 0) is 0 Å². The molecule has 0 spiro atoms. The summed E-state index contributed by atoms with van der Waals surface area (Å²) in [5, 5.41) is 4.52. The number of aromatic nitrogens is 3. The highest BCUT2D eigenvalue weighted by atomic mass is 16.5. The van der Waals surface area contributed by atoms with E-state index in [-0.39, 0.29) is 12.1 Å². The first-order valence-electron chi connectivity index (χ1n) is 10.2. The van der Waals surface area contributed by atoms with Crippen LogP contribution in [0.15, 0.2) is 24.3 Å². The molecule has 29 heavy (non-hydrogen) atoms. The van der Waals surface area contributed by atoms with Crippen LogP contribution in [0.2, 0.25) is 0 Å². The minimum Gasteiger partial charge on any atom is -0.481 e. The maximum absolute atomic E-state index is 6.02. The third-order valence-electron chi connectivity index (χ3n) is 6.07. The number of methoxy groups -OCH3 is 1. The van der Waals surface area contributed by atoms with Gasteiger partial charge < -0.3 is 15.8 Å². The topological polar surface area (TPSA) is 86.0 Å². The van der Waals surface area contributed by atoms with E-state index in [2.05, 4.69) is 55.3 Å². The summed E-state index contributed by atoms with van der Waals surface area (Å²) in [6.07, 6.45) is 1.91. The number of aryl methyl sites for hydroxylation is 2. The molecule has 6 nitrogen and oxygen atoms in total. The van der Waals surface area contributed by atoms with E-state index in [4.69, 9.17) is 20.4 Å². The van der Waals surface area contributed by atoms with Crippen LogP contribution in [0.25, 0.3) is 11.0 Å². The number of benzene rings is 1. The van der Waals surface area contributed by atoms with Crippen molar-refractivity contribution in [2.45, 2.75) is 58.5 Å². The van der Waals surface area contributed by atoms with E-state index < -0.39 is 0 Å². The maximum Gasteiger partial charge on any atom is 0.218 e. The van der Waals surface area contributed by atoms with Gasteiger partial charge >= 0.3 is 0 Å². The van der Waals surface area contributed by atoms with E-state index in [0.29, 0.717) is 23.3 Å². The molecule has 0 bridgehead atoms. The predicted molar refractivity (Wildman–Crippen MR) is 117 cm³/mol. The van der Waals surface area contributed by atoms with Crippen LogP contribution in [-0.4, -0.2) is 28.1 Å². The van der Waals surface area contributed by atoms with Gasteiger partial charge in [0.1, 0.15) is 11.6 Å². The number of ether oxygens (including phenoxy) is 1. The Bertz CT molecular complexity index is 1060. The van der Waals surface area contributed by atoms with Crippen molar-refractivity contribution in [3.8, 4) is 5.88 Å². The molecule has 3 aromatic rings. The molecule has 1 saturated carbocycles. The molecular weight excluding hydrogens is 362 g/mol. The highest BCUT2D eigenvalue weighted by molar-refractivity contribution is 5.88. The van der Waals surface area contributed by atoms with Gasteiger partial charge in [-0.25, -0.2) is 9.97 Å². The Kier molecular flexibility index (Phi) is 5.13. The van der Waals surface area contributed by atoms with Gasteiger partial charge in [0.2, 0.25) is 5.88 Å². The second kappa shape index (κ2) is 7.59. The lowest BCUT2D eigenvalue weighted by Crippen LogP contribution is -2.35. The lowest BCUT2D eigenvalue weighted by atomic mass is 9.76. The molecule has 1 aliphatic rings. The summed E-state index contributed by atoms with van der Waals surface area (Å²) in [7, 11) is 1.66. The quantitative estimate of drug-likeness (QED) is 0.673. The summed E-state index contributed by atoms with van der Waals surface area (Å²) >= 11 is 0. The van der Waals surface area contributed by atoms with Crippen molar-refractivity contribution in [2.24, 2.45) is 5.73 Å². The largest absolute Gasteiger partial charge is 0.481 e. The van der Waals surface area contributed by atoms with Gasteiger partial charge in [-0.05, 0) is 69.2 Å². The van der Waals surface area contributed by atoms with Crippen LogP contribution in [0, 0.1) is 20.8 Å². The Morgan fingerprint density at radius 3 is 2.59 bits per heavy atom. The molecule has 0 radical (unpaired) electrons. The van der Waals surface area contributed by atoms with Gasteiger partial charge in [0.15, 0.2) is 5.65 Å². The normalized spacial score (nSPS) is 19.7. The minimum absolute atomic E-state index is 0.107. The number of rotatable bonds is 5. The molecule has 0 unspecified atom stereocenters. The first-order chi connectivity index (χ1) is 13.9. The van der Waals surface area contributed by atoms with Crippen molar-refractivity contribution in [1.29, 1.82) is 0 Å². The molecule has 1 aliphatic carbocycles. The smallest absolute Gasteiger partial charge is 0.218 e. The van der Waals surface area contributed by atoms with Crippen molar-refractivity contribution >= 4 is 16.9 Å². The maximum atomic E-state index is 6.02. The summed E-state index contributed by atoms with van der Waals surface area (Å²) in [6.45, 7) is 8.35. The number of fused-ring (bicyclic) bond motifs is 1. The van der Waals surface area contributed by atoms with Crippen molar-refractivity contribution in [3.05, 3.63) is 52.3 Å². The van der Waals surface area contributed by atoms with E-state index >= 15 is 0 Å². The van der Waals surface area contributed by atoms with E-state index in [1.54, 1.807) is 7.11 Å². The second-order valence-electron chi connectivity index (χ2n) is 8.16. The van der Waals surface area contributed by atoms with Crippen molar-refractivity contribution in [1.82, 2.24) is 15.0 Å². The van der Waals surface area contributed by atoms with Gasteiger partial charge in [0.25, 0.3) is 0 Å². The molecule has 0 amide bonds. The van der Waals surface area contributed by atoms with Crippen LogP contribution < -0.4 is 15.8 Å². The van der Waals surface area contributed by atoms with Crippen LogP contribution in [0.4, 0.5) is 5.82 Å². The highest BCUT2D eigenvalue weighted by Crippen LogP contribution is 2.41. The van der Waals surface area contributed by atoms with Gasteiger partial charge in [-0.1, -0.05) is 18.2 Å². The van der Waals surface area contributed by atoms with Gasteiger partial charge in [-0.2, -0.15) is 4.98 Å². The van der Waals surface area contributed by atoms with E-state index in [1.165, 1.54) is 16.7 Å². The summed E-state index contributed by atoms with van der Waals surface area (Å²) in [5.74, 6) is 2.51. The molecule has 1 aromatic carbocycles. The third kappa shape index (κ3) is 3.65. The van der Waals surface area contributed by atoms with Crippen LogP contribution in [0.5, 0.6) is 5.88 Å². The zero-order chi connectivity index (χ0) is 20.7. The van der Waals surface area contributed by atoms with E-state index in [9.17, 15) is 0 Å². The van der Waals surface area contributed by atoms with Crippen LogP contribution in [0.3, 0.4) is 0 Å². The molecular formula is C23H29N5O. The standard InChI is InChI=1S/C23H29N5O/c1-12-7-6-8-18(13(12)2)14(3)25-21-20-11-19(16-9-17(24)10-16)23(29-5)28-22(20)27-15(4)26-21/h6-8,11,14,16-17H,9-10,24H2,1-5H3,(H,25,26,27,28)/t14-,16-,17+/m1/s1. The molecule has 2 aromatic heterocycles. The van der Waals surface area contributed by atoms with E-state index in [1.807, 2.05) is 6.92 Å². The van der Waals surface area contributed by atoms with Crippen LogP contribution >= 0.6 is 0 Å². The molecule has 152 valence electrons. The highest BCUT2D eigenvalue weighted by Gasteiger charge is 2.31. The Morgan fingerprint density at radius 1 is 1.14 bits per heavy atom. The van der Waals surface area contributed by atoms with Gasteiger partial charge in [0.05, 0.1) is 18.5 Å². The van der Waals surface area contributed by atoms with E-state index in [0.717, 1.165) is 29.6 Å². The Balaban J connectivity index is 1.77. The molecule has 2 heterocycles. The summed E-state index contributed by atoms with van der Waals surface area (Å²) in [6, 6.07) is 8.91. The fourth-order valence-electron chi connectivity index (χ4n) is 4.17. The lowest BCUT2D eigenvalue weighted by molar-refractivity contribution is 0.329. The molecule has 1 fully saturated rings. The monoisotopic (exact) mass is 391 g/mol. The number of hydrogen-bond donors (Lipinski definition) is 2. The van der Waals surface area contributed by atoms with Gasteiger partial charge in [-0.15, -0.1) is 0 Å². The summed E-state index contributed by atoms with van der Waals surface area (Å²) < 4.78 is 5.57. The first kappa shape index (κ1) is 19.6. The number of nitrogens with zero attached hydrogens (tertiary/aromatic N) is 3. The zero-order valence-corrected chi connectivity index (χ0v) is 17.8. The number of hydrogen-bond acceptors (Lipinski definition) is 6. The lowest BCUT2D eigenvalue weighted by Gasteiger charge is -2.33. The SMILES string of the molecule is COc1nc2nc(C)nc(N[C@H](C)c3cccc(C)c3C)c2cc1[C@H]1C[C@@H](N)C1. The molecule has 1 atom stereocenters. The number of pyridine rings is 1. The zero-order valence-electron chi connectivity index (χ0n) is 17.8. The fourth-order valence-corrected chi connectivity index (χ4v) is 4.17. The summed E-state index contributed by atoms with van der Waals surface area (Å²) in [5.41, 5.74) is 11.6. The van der Waals surface area contributed by atoms with Gasteiger partial charge in [-0.3, -0.25) is 0 Å². The van der Waals surface area contributed by atoms with Crippen molar-refractivity contribution < 1.29 is 4.74 Å². The average Bonchev–Trinajstić information content (AvgIpc) is 2.66. The molecule has 3 N–H and O–H groups in total. The number of nitrogens with one attached hydrogen (secondary N) is 1. The minimum atomic E-state index is 0.107. The van der Waals surface area contributed by atoms with Gasteiger partial charge in [0, 0.05) is 11.6 Å². The fraction of sp³-hybridized carbons (Fsp3) is 0.435. The molecule has 0 aliphatic heterocycles. The van der Waals surface area contributed by atoms with Crippen molar-refractivity contribution in [2.75, 3.05) is 12.4 Å². The van der Waals surface area contributed by atoms with Crippen LogP contribution in [0.1, 0.15) is 59.8 Å². The predicted octanol–water partition coefficient (Wildman–Crippen LogP) is 4.34. The Hall–Kier alpha value is -2.73. The molecule has 6 heteroatoms. The number of anilines is 1. The molecule has 4 rings (SSSR count). The Labute approximate surface area is 171 Å². The van der Waals surface area contributed by atoms with Crippen molar-refractivity contribution in [3.63, 3.8) is 0 Å². The first-order valence-corrected chi connectivity index (χ1v) is 10.2. The average molecular weight is 392 g/mol. The molecule has 0 saturated heterocycles. The third-order valence-corrected chi connectivity index (χ3v) is 6.07. The second-order valence-corrected chi connectivity index (χ2v) is 8.16. The summed E-state index contributed by atoms with van der Waals surface area (Å²) in [4.78, 5) is 14.0. The number of nitrogens with two attached hydrogens (primary N) is 1. The Morgan fingerprint density at radius 2 is 1.90 bits per heavy atom.